The minimum Gasteiger partial charge on any atom is -0.322 e. The number of thioether (sulfide) groups is 1. The molecule has 1 aliphatic heterocycles. The molecule has 23 heavy (non-hydrogen) atoms. The predicted molar refractivity (Wildman–Crippen MR) is 92.2 cm³/mol. The van der Waals surface area contributed by atoms with Gasteiger partial charge in [0.1, 0.15) is 11.9 Å². The summed E-state index contributed by atoms with van der Waals surface area (Å²) in [5.41, 5.74) is 0.427. The van der Waals surface area contributed by atoms with Gasteiger partial charge in [-0.3, -0.25) is 9.59 Å². The smallest absolute Gasteiger partial charge is 0.248 e. The van der Waals surface area contributed by atoms with E-state index in [4.69, 9.17) is 0 Å². The van der Waals surface area contributed by atoms with Crippen molar-refractivity contribution in [3.8, 4) is 0 Å². The van der Waals surface area contributed by atoms with Crippen LogP contribution in [-0.4, -0.2) is 44.4 Å². The summed E-state index contributed by atoms with van der Waals surface area (Å²) in [5, 5.41) is 2.82. The molecule has 2 heterocycles. The SMILES string of the molecule is CCCC(=O)N1CSCC1C(=O)Nc1cnc(C(C)(C)C)nc1. The lowest BCUT2D eigenvalue weighted by atomic mass is 9.96. The van der Waals surface area contributed by atoms with Crippen molar-refractivity contribution < 1.29 is 9.59 Å². The number of nitrogens with zero attached hydrogens (tertiary/aromatic N) is 3. The third-order valence-corrected chi connectivity index (χ3v) is 4.57. The number of rotatable bonds is 4. The third kappa shape index (κ3) is 4.43. The first-order chi connectivity index (χ1) is 10.8. The van der Waals surface area contributed by atoms with Crippen molar-refractivity contribution in [2.75, 3.05) is 16.9 Å². The maximum atomic E-state index is 12.4. The fourth-order valence-corrected chi connectivity index (χ4v) is 3.45. The molecule has 0 bridgehead atoms. The molecule has 1 aromatic heterocycles. The summed E-state index contributed by atoms with van der Waals surface area (Å²) >= 11 is 1.60. The summed E-state index contributed by atoms with van der Waals surface area (Å²) in [5.74, 6) is 1.80. The van der Waals surface area contributed by atoms with E-state index in [1.165, 1.54) is 0 Å². The Morgan fingerprint density at radius 1 is 1.35 bits per heavy atom. The molecule has 0 aliphatic carbocycles. The second-order valence-corrected chi connectivity index (χ2v) is 7.66. The maximum absolute atomic E-state index is 12.4. The number of hydrogen-bond acceptors (Lipinski definition) is 5. The average molecular weight is 336 g/mol. The fraction of sp³-hybridized carbons (Fsp3) is 0.625. The van der Waals surface area contributed by atoms with Crippen LogP contribution in [0.5, 0.6) is 0 Å². The second-order valence-electron chi connectivity index (χ2n) is 6.66. The standard InChI is InChI=1S/C16H24N4O2S/c1-5-6-13(21)20-10-23-9-12(20)14(22)19-11-7-17-15(18-8-11)16(2,3)4/h7-8,12H,5-6,9-10H2,1-4H3,(H,19,22). The zero-order valence-electron chi connectivity index (χ0n) is 14.1. The number of hydrogen-bond donors (Lipinski definition) is 1. The van der Waals surface area contributed by atoms with Crippen LogP contribution in [0, 0.1) is 0 Å². The van der Waals surface area contributed by atoms with Gasteiger partial charge in [0, 0.05) is 17.6 Å². The minimum absolute atomic E-state index is 0.0389. The van der Waals surface area contributed by atoms with Crippen molar-refractivity contribution in [1.82, 2.24) is 14.9 Å². The Morgan fingerprint density at radius 3 is 2.57 bits per heavy atom. The molecule has 1 aromatic rings. The number of carbonyl (C=O) groups is 2. The highest BCUT2D eigenvalue weighted by Crippen LogP contribution is 2.23. The Labute approximate surface area is 141 Å². The van der Waals surface area contributed by atoms with Crippen LogP contribution in [0.15, 0.2) is 12.4 Å². The van der Waals surface area contributed by atoms with Crippen molar-refractivity contribution in [3.05, 3.63) is 18.2 Å². The molecule has 0 spiro atoms. The highest BCUT2D eigenvalue weighted by molar-refractivity contribution is 7.99. The zero-order valence-corrected chi connectivity index (χ0v) is 14.9. The predicted octanol–water partition coefficient (Wildman–Crippen LogP) is 2.41. The van der Waals surface area contributed by atoms with E-state index < -0.39 is 6.04 Å². The van der Waals surface area contributed by atoms with Crippen LogP contribution >= 0.6 is 11.8 Å². The third-order valence-electron chi connectivity index (χ3n) is 3.56. The molecular weight excluding hydrogens is 312 g/mol. The van der Waals surface area contributed by atoms with E-state index in [9.17, 15) is 9.59 Å². The normalized spacial score (nSPS) is 18.1. The first-order valence-corrected chi connectivity index (χ1v) is 8.99. The van der Waals surface area contributed by atoms with E-state index in [0.717, 1.165) is 12.2 Å². The first-order valence-electron chi connectivity index (χ1n) is 7.83. The molecule has 126 valence electrons. The van der Waals surface area contributed by atoms with Crippen LogP contribution in [0.25, 0.3) is 0 Å². The van der Waals surface area contributed by atoms with Gasteiger partial charge in [0.05, 0.1) is 24.0 Å². The van der Waals surface area contributed by atoms with Gasteiger partial charge < -0.3 is 10.2 Å². The van der Waals surface area contributed by atoms with Crippen LogP contribution in [0.2, 0.25) is 0 Å². The summed E-state index contributed by atoms with van der Waals surface area (Å²) in [6.45, 7) is 8.07. The van der Waals surface area contributed by atoms with Gasteiger partial charge in [-0.1, -0.05) is 27.7 Å². The maximum Gasteiger partial charge on any atom is 0.248 e. The second kappa shape index (κ2) is 7.29. The molecule has 1 atom stereocenters. The lowest BCUT2D eigenvalue weighted by Gasteiger charge is -2.23. The van der Waals surface area contributed by atoms with Gasteiger partial charge in [-0.2, -0.15) is 0 Å². The summed E-state index contributed by atoms with van der Waals surface area (Å²) in [6, 6.07) is -0.415. The van der Waals surface area contributed by atoms with Crippen LogP contribution in [0.1, 0.15) is 46.4 Å². The summed E-state index contributed by atoms with van der Waals surface area (Å²) in [4.78, 5) is 34.8. The van der Waals surface area contributed by atoms with Crippen molar-refractivity contribution in [2.45, 2.75) is 52.0 Å². The Bertz CT molecular complexity index is 568. The molecule has 0 aromatic carbocycles. The highest BCUT2D eigenvalue weighted by Gasteiger charge is 2.34. The van der Waals surface area contributed by atoms with Gasteiger partial charge in [0.25, 0.3) is 0 Å². The quantitative estimate of drug-likeness (QED) is 0.914. The van der Waals surface area contributed by atoms with E-state index in [1.807, 2.05) is 27.7 Å². The van der Waals surface area contributed by atoms with E-state index in [-0.39, 0.29) is 17.2 Å². The molecule has 1 aliphatic rings. The Hall–Kier alpha value is -1.63. The Morgan fingerprint density at radius 2 is 2.00 bits per heavy atom. The molecule has 0 saturated carbocycles. The molecule has 1 saturated heterocycles. The van der Waals surface area contributed by atoms with E-state index in [1.54, 1.807) is 29.1 Å². The zero-order chi connectivity index (χ0) is 17.0. The largest absolute Gasteiger partial charge is 0.322 e. The molecule has 6 nitrogen and oxygen atoms in total. The summed E-state index contributed by atoms with van der Waals surface area (Å²) in [6.07, 6.45) is 4.50. The van der Waals surface area contributed by atoms with Crippen molar-refractivity contribution >= 4 is 29.3 Å². The van der Waals surface area contributed by atoms with Crippen molar-refractivity contribution in [3.63, 3.8) is 0 Å². The first kappa shape index (κ1) is 17.7. The monoisotopic (exact) mass is 336 g/mol. The number of nitrogens with one attached hydrogen (secondary N) is 1. The van der Waals surface area contributed by atoms with Gasteiger partial charge in [0.2, 0.25) is 11.8 Å². The van der Waals surface area contributed by atoms with E-state index in [0.29, 0.717) is 23.7 Å². The van der Waals surface area contributed by atoms with Crippen LogP contribution in [-0.2, 0) is 15.0 Å². The van der Waals surface area contributed by atoms with Crippen LogP contribution in [0.3, 0.4) is 0 Å². The lowest BCUT2D eigenvalue weighted by molar-refractivity contribution is -0.136. The minimum atomic E-state index is -0.415. The lowest BCUT2D eigenvalue weighted by Crippen LogP contribution is -2.44. The van der Waals surface area contributed by atoms with Gasteiger partial charge in [-0.15, -0.1) is 11.8 Å². The molecular formula is C16H24N4O2S. The molecule has 2 amide bonds. The Balaban J connectivity index is 2.02. The molecule has 2 rings (SSSR count). The van der Waals surface area contributed by atoms with Crippen molar-refractivity contribution in [1.29, 1.82) is 0 Å². The topological polar surface area (TPSA) is 75.2 Å². The highest BCUT2D eigenvalue weighted by atomic mass is 32.2. The summed E-state index contributed by atoms with van der Waals surface area (Å²) < 4.78 is 0. The Kier molecular flexibility index (Phi) is 5.62. The fourth-order valence-electron chi connectivity index (χ4n) is 2.27. The van der Waals surface area contributed by atoms with Crippen molar-refractivity contribution in [2.24, 2.45) is 0 Å². The van der Waals surface area contributed by atoms with Crippen LogP contribution < -0.4 is 5.32 Å². The number of carbonyl (C=O) groups excluding carboxylic acids is 2. The van der Waals surface area contributed by atoms with Gasteiger partial charge >= 0.3 is 0 Å². The van der Waals surface area contributed by atoms with Gasteiger partial charge in [-0.25, -0.2) is 9.97 Å². The number of anilines is 1. The summed E-state index contributed by atoms with van der Waals surface area (Å²) in [7, 11) is 0. The number of amides is 2. The number of aromatic nitrogens is 2. The van der Waals surface area contributed by atoms with E-state index in [2.05, 4.69) is 15.3 Å². The van der Waals surface area contributed by atoms with Crippen LogP contribution in [0.4, 0.5) is 5.69 Å². The molecule has 1 unspecified atom stereocenters. The van der Waals surface area contributed by atoms with Gasteiger partial charge in [0.15, 0.2) is 0 Å². The molecule has 0 radical (unpaired) electrons. The van der Waals surface area contributed by atoms with Gasteiger partial charge in [-0.05, 0) is 6.42 Å². The average Bonchev–Trinajstić information content (AvgIpc) is 2.96. The van der Waals surface area contributed by atoms with E-state index >= 15 is 0 Å². The molecule has 1 fully saturated rings. The molecule has 7 heteroatoms. The molecule has 1 N–H and O–H groups in total.